The Morgan fingerprint density at radius 3 is 2.58 bits per heavy atom. The summed E-state index contributed by atoms with van der Waals surface area (Å²) in [5.41, 5.74) is 2.85. The highest BCUT2D eigenvalue weighted by molar-refractivity contribution is 7.15. The molecule has 0 spiro atoms. The summed E-state index contributed by atoms with van der Waals surface area (Å²) < 4.78 is 5.88. The SMILES string of the molecule is CCN(CC)C(=O)NC1CCCc2sc(-c3c(C4CC4)cc4c(=O)c(C(=O)O)c[nH]c4c3OC)cc21. The highest BCUT2D eigenvalue weighted by Gasteiger charge is 2.33. The van der Waals surface area contributed by atoms with Gasteiger partial charge in [-0.25, -0.2) is 9.59 Å². The molecule has 2 aromatic heterocycles. The van der Waals surface area contributed by atoms with Crippen molar-refractivity contribution in [3.63, 3.8) is 0 Å². The van der Waals surface area contributed by atoms with Crippen molar-refractivity contribution in [3.8, 4) is 16.2 Å². The number of aromatic nitrogens is 1. The molecule has 3 aromatic rings. The van der Waals surface area contributed by atoms with Crippen LogP contribution in [0.5, 0.6) is 5.75 Å². The molecule has 3 N–H and O–H groups in total. The molecule has 0 bridgehead atoms. The number of carboxylic acid groups (broad SMARTS) is 1. The molecule has 8 nitrogen and oxygen atoms in total. The molecule has 1 atom stereocenters. The monoisotopic (exact) mass is 509 g/mol. The number of aromatic amines is 1. The standard InChI is InChI=1S/C27H31N3O5S/c1-4-30(5-2)27(34)29-19-7-6-8-20-16(19)12-21(36-20)22-15(14-9-10-14)11-17-23(25(22)35-3)28-13-18(24(17)31)26(32)33/h11-14,19H,4-10H2,1-3H3,(H,28,31)(H,29,34)(H,32,33). The molecule has 1 saturated carbocycles. The average molecular weight is 510 g/mol. The zero-order valence-corrected chi connectivity index (χ0v) is 21.6. The first-order chi connectivity index (χ1) is 17.4. The number of nitrogens with one attached hydrogen (secondary N) is 2. The highest BCUT2D eigenvalue weighted by atomic mass is 32.1. The van der Waals surface area contributed by atoms with Crippen molar-refractivity contribution in [2.45, 2.75) is 57.9 Å². The molecule has 2 aliphatic carbocycles. The molecule has 2 amide bonds. The van der Waals surface area contributed by atoms with E-state index in [9.17, 15) is 19.5 Å². The van der Waals surface area contributed by atoms with Gasteiger partial charge in [-0.1, -0.05) is 0 Å². The number of aryl methyl sites for hydroxylation is 1. The number of pyridine rings is 1. The van der Waals surface area contributed by atoms with Crippen LogP contribution in [0.25, 0.3) is 21.3 Å². The summed E-state index contributed by atoms with van der Waals surface area (Å²) in [7, 11) is 1.58. The molecule has 2 aliphatic rings. The van der Waals surface area contributed by atoms with E-state index in [4.69, 9.17) is 4.74 Å². The van der Waals surface area contributed by atoms with Gasteiger partial charge in [-0.05, 0) is 75.1 Å². The molecule has 5 rings (SSSR count). The minimum Gasteiger partial charge on any atom is -0.494 e. The smallest absolute Gasteiger partial charge is 0.341 e. The van der Waals surface area contributed by atoms with E-state index in [0.29, 0.717) is 35.7 Å². The number of urea groups is 1. The Morgan fingerprint density at radius 1 is 1.19 bits per heavy atom. The third kappa shape index (κ3) is 4.15. The third-order valence-corrected chi connectivity index (χ3v) is 8.55. The van der Waals surface area contributed by atoms with Crippen molar-refractivity contribution in [2.24, 2.45) is 0 Å². The van der Waals surface area contributed by atoms with Gasteiger partial charge in [0.1, 0.15) is 5.56 Å². The second-order valence-corrected chi connectivity index (χ2v) is 10.6. The molecular weight excluding hydrogens is 478 g/mol. The van der Waals surface area contributed by atoms with E-state index in [1.807, 2.05) is 19.9 Å². The van der Waals surface area contributed by atoms with Crippen molar-refractivity contribution in [3.05, 3.63) is 50.1 Å². The summed E-state index contributed by atoms with van der Waals surface area (Å²) in [5, 5.41) is 13.0. The largest absolute Gasteiger partial charge is 0.494 e. The van der Waals surface area contributed by atoms with E-state index < -0.39 is 11.4 Å². The summed E-state index contributed by atoms with van der Waals surface area (Å²) >= 11 is 1.72. The summed E-state index contributed by atoms with van der Waals surface area (Å²) in [6.07, 6.45) is 6.15. The molecular formula is C27H31N3O5S. The zero-order chi connectivity index (χ0) is 25.6. The number of amides is 2. The van der Waals surface area contributed by atoms with Gasteiger partial charge in [-0.3, -0.25) is 4.79 Å². The lowest BCUT2D eigenvalue weighted by atomic mass is 9.92. The fourth-order valence-corrected chi connectivity index (χ4v) is 6.60. The first-order valence-electron chi connectivity index (χ1n) is 12.6. The maximum Gasteiger partial charge on any atom is 0.341 e. The lowest BCUT2D eigenvalue weighted by Crippen LogP contribution is -2.42. The Kier molecular flexibility index (Phi) is 6.51. The van der Waals surface area contributed by atoms with Crippen LogP contribution in [0, 0.1) is 0 Å². The van der Waals surface area contributed by atoms with Crippen LogP contribution in [0.4, 0.5) is 4.79 Å². The average Bonchev–Trinajstić information content (AvgIpc) is 3.62. The van der Waals surface area contributed by atoms with Crippen LogP contribution in [-0.2, 0) is 6.42 Å². The number of carbonyl (C=O) groups excluding carboxylic acids is 1. The second-order valence-electron chi connectivity index (χ2n) is 9.46. The van der Waals surface area contributed by atoms with Crippen molar-refractivity contribution < 1.29 is 19.4 Å². The van der Waals surface area contributed by atoms with Crippen LogP contribution in [0.15, 0.2) is 23.1 Å². The third-order valence-electron chi connectivity index (χ3n) is 7.32. The van der Waals surface area contributed by atoms with Gasteiger partial charge in [-0.2, -0.15) is 0 Å². The first kappa shape index (κ1) is 24.4. The second kappa shape index (κ2) is 9.61. The summed E-state index contributed by atoms with van der Waals surface area (Å²) in [6.45, 7) is 5.29. The van der Waals surface area contributed by atoms with E-state index in [1.54, 1.807) is 23.3 Å². The van der Waals surface area contributed by atoms with Crippen LogP contribution in [0.3, 0.4) is 0 Å². The number of methoxy groups -OCH3 is 1. The quantitative estimate of drug-likeness (QED) is 0.402. The molecule has 9 heteroatoms. The number of benzene rings is 1. The van der Waals surface area contributed by atoms with Crippen molar-refractivity contribution >= 4 is 34.2 Å². The molecule has 1 aromatic carbocycles. The van der Waals surface area contributed by atoms with Crippen LogP contribution < -0.4 is 15.5 Å². The van der Waals surface area contributed by atoms with Gasteiger partial charge in [0.25, 0.3) is 0 Å². The van der Waals surface area contributed by atoms with Crippen LogP contribution >= 0.6 is 11.3 Å². The number of ether oxygens (including phenoxy) is 1. The predicted octanol–water partition coefficient (Wildman–Crippen LogP) is 5.27. The molecule has 36 heavy (non-hydrogen) atoms. The van der Waals surface area contributed by atoms with Gasteiger partial charge >= 0.3 is 12.0 Å². The number of carbonyl (C=O) groups is 2. The Balaban J connectivity index is 1.64. The van der Waals surface area contributed by atoms with Gasteiger partial charge in [0.15, 0.2) is 5.75 Å². The minimum atomic E-state index is -1.25. The van der Waals surface area contributed by atoms with Gasteiger partial charge in [-0.15, -0.1) is 11.3 Å². The summed E-state index contributed by atoms with van der Waals surface area (Å²) in [5.74, 6) is -0.382. The molecule has 1 fully saturated rings. The maximum atomic E-state index is 13.0. The Labute approximate surface area is 213 Å². The highest BCUT2D eigenvalue weighted by Crippen LogP contribution is 2.52. The zero-order valence-electron chi connectivity index (χ0n) is 20.8. The fraction of sp³-hybridized carbons (Fsp3) is 0.444. The molecule has 2 heterocycles. The van der Waals surface area contributed by atoms with Crippen LogP contribution in [0.1, 0.15) is 77.9 Å². The van der Waals surface area contributed by atoms with E-state index >= 15 is 0 Å². The van der Waals surface area contributed by atoms with Gasteiger partial charge < -0.3 is 25.0 Å². The van der Waals surface area contributed by atoms with E-state index in [1.165, 1.54) is 11.1 Å². The summed E-state index contributed by atoms with van der Waals surface area (Å²) in [6, 6.07) is 3.94. The number of rotatable bonds is 7. The fourth-order valence-electron chi connectivity index (χ4n) is 5.27. The minimum absolute atomic E-state index is 0.0411. The Hall–Kier alpha value is -3.33. The Morgan fingerprint density at radius 2 is 1.94 bits per heavy atom. The van der Waals surface area contributed by atoms with E-state index in [-0.39, 0.29) is 17.6 Å². The number of aromatic carboxylic acids is 1. The number of hydrogen-bond donors (Lipinski definition) is 3. The van der Waals surface area contributed by atoms with E-state index in [2.05, 4.69) is 16.4 Å². The summed E-state index contributed by atoms with van der Waals surface area (Å²) in [4.78, 5) is 44.5. The number of fused-ring (bicyclic) bond motifs is 2. The van der Waals surface area contributed by atoms with Gasteiger partial charge in [0.2, 0.25) is 5.43 Å². The molecule has 0 aliphatic heterocycles. The maximum absolute atomic E-state index is 13.0. The molecule has 190 valence electrons. The number of nitrogens with zero attached hydrogens (tertiary/aromatic N) is 1. The molecule has 1 unspecified atom stereocenters. The predicted molar refractivity (Wildman–Crippen MR) is 140 cm³/mol. The number of hydrogen-bond acceptors (Lipinski definition) is 5. The van der Waals surface area contributed by atoms with Crippen LogP contribution in [0.2, 0.25) is 0 Å². The van der Waals surface area contributed by atoms with Gasteiger partial charge in [0.05, 0.1) is 24.1 Å². The topological polar surface area (TPSA) is 112 Å². The van der Waals surface area contributed by atoms with E-state index in [0.717, 1.165) is 53.7 Å². The molecule has 0 saturated heterocycles. The van der Waals surface area contributed by atoms with Crippen molar-refractivity contribution in [1.82, 2.24) is 15.2 Å². The van der Waals surface area contributed by atoms with Crippen LogP contribution in [-0.4, -0.2) is 47.2 Å². The van der Waals surface area contributed by atoms with Gasteiger partial charge in [0, 0.05) is 34.6 Å². The van der Waals surface area contributed by atoms with Crippen molar-refractivity contribution in [2.75, 3.05) is 20.2 Å². The lowest BCUT2D eigenvalue weighted by Gasteiger charge is -2.27. The molecule has 0 radical (unpaired) electrons. The lowest BCUT2D eigenvalue weighted by molar-refractivity contribution is 0.0695. The first-order valence-corrected chi connectivity index (χ1v) is 13.4. The number of carboxylic acids is 1. The number of H-pyrrole nitrogens is 1. The number of thiophene rings is 1. The Bertz CT molecular complexity index is 1400. The van der Waals surface area contributed by atoms with Crippen molar-refractivity contribution in [1.29, 1.82) is 0 Å². The normalized spacial score (nSPS) is 17.0.